The minimum Gasteiger partial charge on any atom is -0.394 e. The van der Waals surface area contributed by atoms with Crippen molar-refractivity contribution in [2.45, 2.75) is 26.3 Å². The molecule has 5 nitrogen and oxygen atoms in total. The van der Waals surface area contributed by atoms with Gasteiger partial charge in [0.15, 0.2) is 5.69 Å². The average Bonchev–Trinajstić information content (AvgIpc) is 2.68. The largest absolute Gasteiger partial charge is 0.394 e. The fraction of sp³-hybridized carbons (Fsp3) is 0.600. The lowest BCUT2D eigenvalue weighted by atomic mass is 10.0. The number of carbonyl (C=O) groups is 1. The number of amides is 1. The molecule has 0 bridgehead atoms. The Bertz CT molecular complexity index is 296. The molecule has 1 unspecified atom stereocenters. The highest BCUT2D eigenvalue weighted by molar-refractivity contribution is 5.92. The summed E-state index contributed by atoms with van der Waals surface area (Å²) < 4.78 is 4.56. The molecule has 0 aromatic carbocycles. The third-order valence-electron chi connectivity index (χ3n) is 1.98. The first kappa shape index (κ1) is 11.7. The van der Waals surface area contributed by atoms with Crippen LogP contribution in [0, 0.1) is 5.92 Å². The molecule has 1 heterocycles. The van der Waals surface area contributed by atoms with Crippen LogP contribution in [0.1, 0.15) is 30.8 Å². The van der Waals surface area contributed by atoms with E-state index in [0.717, 1.165) is 6.42 Å². The van der Waals surface area contributed by atoms with E-state index in [1.165, 1.54) is 12.3 Å². The molecule has 5 heteroatoms. The summed E-state index contributed by atoms with van der Waals surface area (Å²) in [4.78, 5) is 11.5. The van der Waals surface area contributed by atoms with Crippen LogP contribution in [0.2, 0.25) is 0 Å². The molecular weight excluding hydrogens is 196 g/mol. The number of hydrogen-bond donors (Lipinski definition) is 2. The van der Waals surface area contributed by atoms with Crippen molar-refractivity contribution in [3.05, 3.63) is 18.0 Å². The summed E-state index contributed by atoms with van der Waals surface area (Å²) in [6, 6.07) is 1.26. The van der Waals surface area contributed by atoms with Gasteiger partial charge in [0.25, 0.3) is 5.91 Å². The molecule has 1 atom stereocenters. The smallest absolute Gasteiger partial charge is 0.273 e. The minimum atomic E-state index is -0.316. The van der Waals surface area contributed by atoms with Crippen LogP contribution in [-0.4, -0.2) is 28.8 Å². The summed E-state index contributed by atoms with van der Waals surface area (Å²) in [5, 5.41) is 15.3. The van der Waals surface area contributed by atoms with Gasteiger partial charge in [-0.25, -0.2) is 0 Å². The highest BCUT2D eigenvalue weighted by atomic mass is 16.5. The molecule has 1 aromatic rings. The van der Waals surface area contributed by atoms with Gasteiger partial charge in [-0.1, -0.05) is 19.0 Å². The van der Waals surface area contributed by atoms with Crippen LogP contribution in [0.3, 0.4) is 0 Å². The Hall–Kier alpha value is -1.36. The van der Waals surface area contributed by atoms with Crippen LogP contribution in [0.5, 0.6) is 0 Å². The fourth-order valence-electron chi connectivity index (χ4n) is 1.34. The second-order valence-electron chi connectivity index (χ2n) is 3.87. The van der Waals surface area contributed by atoms with Crippen molar-refractivity contribution in [3.8, 4) is 0 Å². The van der Waals surface area contributed by atoms with E-state index in [9.17, 15) is 4.79 Å². The van der Waals surface area contributed by atoms with Gasteiger partial charge in [-0.2, -0.15) is 0 Å². The average molecular weight is 212 g/mol. The first-order chi connectivity index (χ1) is 7.13. The molecule has 0 aliphatic heterocycles. The number of aromatic nitrogens is 1. The minimum absolute atomic E-state index is 0.0677. The highest BCUT2D eigenvalue weighted by Crippen LogP contribution is 2.05. The lowest BCUT2D eigenvalue weighted by molar-refractivity contribution is 0.0899. The first-order valence-corrected chi connectivity index (χ1v) is 4.95. The molecule has 0 fully saturated rings. The van der Waals surface area contributed by atoms with Crippen molar-refractivity contribution >= 4 is 5.91 Å². The topological polar surface area (TPSA) is 75.4 Å². The molecule has 1 amide bonds. The molecule has 0 aliphatic carbocycles. The van der Waals surface area contributed by atoms with Crippen molar-refractivity contribution < 1.29 is 14.4 Å². The van der Waals surface area contributed by atoms with Crippen molar-refractivity contribution in [3.63, 3.8) is 0 Å². The Labute approximate surface area is 88.5 Å². The van der Waals surface area contributed by atoms with Crippen LogP contribution in [-0.2, 0) is 0 Å². The van der Waals surface area contributed by atoms with Crippen molar-refractivity contribution in [1.82, 2.24) is 10.5 Å². The van der Waals surface area contributed by atoms with Gasteiger partial charge in [0, 0.05) is 6.07 Å². The summed E-state index contributed by atoms with van der Waals surface area (Å²) in [5.74, 6) is 0.100. The van der Waals surface area contributed by atoms with Gasteiger partial charge >= 0.3 is 0 Å². The Morgan fingerprint density at radius 1 is 1.67 bits per heavy atom. The lowest BCUT2D eigenvalue weighted by Gasteiger charge is -2.17. The summed E-state index contributed by atoms with van der Waals surface area (Å²) in [5.41, 5.74) is 0.234. The van der Waals surface area contributed by atoms with Gasteiger partial charge in [-0.3, -0.25) is 4.79 Å². The molecule has 0 spiro atoms. The number of nitrogens with zero attached hydrogens (tertiary/aromatic N) is 1. The van der Waals surface area contributed by atoms with E-state index in [-0.39, 0.29) is 24.2 Å². The standard InChI is InChI=1S/C10H16N2O3/c1-7(2)5-8(6-13)11-10(14)9-3-4-15-12-9/h3-4,7-8,13H,5-6H2,1-2H3,(H,11,14). The summed E-state index contributed by atoms with van der Waals surface area (Å²) in [7, 11) is 0. The molecule has 0 saturated heterocycles. The predicted octanol–water partition coefficient (Wildman–Crippen LogP) is 0.811. The maximum atomic E-state index is 11.5. The first-order valence-electron chi connectivity index (χ1n) is 4.95. The zero-order chi connectivity index (χ0) is 11.3. The summed E-state index contributed by atoms with van der Waals surface area (Å²) >= 11 is 0. The lowest BCUT2D eigenvalue weighted by Crippen LogP contribution is -2.38. The number of aliphatic hydroxyl groups is 1. The monoisotopic (exact) mass is 212 g/mol. The van der Waals surface area contributed by atoms with E-state index in [1.54, 1.807) is 0 Å². The molecule has 0 radical (unpaired) electrons. The number of carbonyl (C=O) groups excluding carboxylic acids is 1. The summed E-state index contributed by atoms with van der Waals surface area (Å²) in [6.45, 7) is 4.00. The molecular formula is C10H16N2O3. The Balaban J connectivity index is 2.48. The second kappa shape index (κ2) is 5.50. The Morgan fingerprint density at radius 2 is 2.40 bits per heavy atom. The van der Waals surface area contributed by atoms with Gasteiger partial charge in [-0.15, -0.1) is 0 Å². The van der Waals surface area contributed by atoms with Crippen LogP contribution < -0.4 is 5.32 Å². The van der Waals surface area contributed by atoms with Crippen molar-refractivity contribution in [2.75, 3.05) is 6.61 Å². The maximum Gasteiger partial charge on any atom is 0.273 e. The van der Waals surface area contributed by atoms with Gasteiger partial charge in [-0.05, 0) is 12.3 Å². The van der Waals surface area contributed by atoms with E-state index in [1.807, 2.05) is 13.8 Å². The third kappa shape index (κ3) is 3.71. The number of aliphatic hydroxyl groups excluding tert-OH is 1. The van der Waals surface area contributed by atoms with Gasteiger partial charge in [0.05, 0.1) is 12.6 Å². The summed E-state index contributed by atoms with van der Waals surface area (Å²) in [6.07, 6.45) is 2.07. The molecule has 1 aromatic heterocycles. The normalized spacial score (nSPS) is 12.8. The highest BCUT2D eigenvalue weighted by Gasteiger charge is 2.15. The van der Waals surface area contributed by atoms with Crippen molar-refractivity contribution in [2.24, 2.45) is 5.92 Å². The van der Waals surface area contributed by atoms with Crippen LogP contribution in [0.25, 0.3) is 0 Å². The Kier molecular flexibility index (Phi) is 4.30. The number of hydrogen-bond acceptors (Lipinski definition) is 4. The quantitative estimate of drug-likeness (QED) is 0.757. The predicted molar refractivity (Wildman–Crippen MR) is 54.3 cm³/mol. The van der Waals surface area contributed by atoms with Gasteiger partial charge in [0.2, 0.25) is 0 Å². The van der Waals surface area contributed by atoms with E-state index < -0.39 is 0 Å². The van der Waals surface area contributed by atoms with Crippen LogP contribution in [0.4, 0.5) is 0 Å². The number of nitrogens with one attached hydrogen (secondary N) is 1. The van der Waals surface area contributed by atoms with Crippen molar-refractivity contribution in [1.29, 1.82) is 0 Å². The van der Waals surface area contributed by atoms with Crippen LogP contribution >= 0.6 is 0 Å². The van der Waals surface area contributed by atoms with Gasteiger partial charge < -0.3 is 14.9 Å². The molecule has 15 heavy (non-hydrogen) atoms. The third-order valence-corrected chi connectivity index (χ3v) is 1.98. The van der Waals surface area contributed by atoms with E-state index in [4.69, 9.17) is 5.11 Å². The molecule has 0 aliphatic rings. The van der Waals surface area contributed by atoms with E-state index in [2.05, 4.69) is 15.0 Å². The van der Waals surface area contributed by atoms with Gasteiger partial charge in [0.1, 0.15) is 6.26 Å². The molecule has 0 saturated carbocycles. The SMILES string of the molecule is CC(C)CC(CO)NC(=O)c1ccon1. The fourth-order valence-corrected chi connectivity index (χ4v) is 1.34. The second-order valence-corrected chi connectivity index (χ2v) is 3.87. The zero-order valence-electron chi connectivity index (χ0n) is 8.93. The van der Waals surface area contributed by atoms with Crippen LogP contribution in [0.15, 0.2) is 16.9 Å². The van der Waals surface area contributed by atoms with E-state index in [0.29, 0.717) is 5.92 Å². The Morgan fingerprint density at radius 3 is 2.87 bits per heavy atom. The molecule has 2 N–H and O–H groups in total. The maximum absolute atomic E-state index is 11.5. The zero-order valence-corrected chi connectivity index (χ0v) is 8.93. The molecule has 84 valence electrons. The number of rotatable bonds is 5. The van der Waals surface area contributed by atoms with E-state index >= 15 is 0 Å². The molecule has 1 rings (SSSR count).